The summed E-state index contributed by atoms with van der Waals surface area (Å²) in [6.07, 6.45) is -3.64. The lowest BCUT2D eigenvalue weighted by Gasteiger charge is -2.43. The monoisotopic (exact) mass is 428 g/mol. The molecule has 7 heteroatoms. The van der Waals surface area contributed by atoms with Crippen LogP contribution in [-0.2, 0) is 41.7 Å². The van der Waals surface area contributed by atoms with Gasteiger partial charge in [0.1, 0.15) is 18.3 Å². The van der Waals surface area contributed by atoms with Crippen LogP contribution in [0.15, 0.2) is 73.3 Å². The highest BCUT2D eigenvalue weighted by atomic mass is 16.7. The number of aliphatic hydroxyl groups is 1. The topological polar surface area (TPSA) is 83.5 Å². The summed E-state index contributed by atoms with van der Waals surface area (Å²) in [4.78, 5) is 11.8. The van der Waals surface area contributed by atoms with Gasteiger partial charge in [0.25, 0.3) is 0 Å². The maximum Gasteiger partial charge on any atom is 0.330 e. The third kappa shape index (κ3) is 6.46. The molecule has 7 nitrogen and oxygen atoms in total. The number of aliphatic hydroxyl groups excluding tert-OH is 1. The van der Waals surface area contributed by atoms with Gasteiger partial charge in [-0.1, -0.05) is 67.2 Å². The van der Waals surface area contributed by atoms with E-state index < -0.39 is 36.7 Å². The number of benzene rings is 2. The molecule has 1 saturated heterocycles. The van der Waals surface area contributed by atoms with Gasteiger partial charge < -0.3 is 28.8 Å². The Balaban J connectivity index is 1.71. The number of carbonyl (C=O) groups is 1. The molecule has 0 radical (unpaired) electrons. The molecule has 1 aliphatic heterocycles. The van der Waals surface area contributed by atoms with E-state index in [1.165, 1.54) is 7.11 Å². The second-order valence-electron chi connectivity index (χ2n) is 7.14. The zero-order valence-electron chi connectivity index (χ0n) is 17.5. The first-order chi connectivity index (χ1) is 15.1. The van der Waals surface area contributed by atoms with Crippen molar-refractivity contribution in [2.24, 2.45) is 0 Å². The van der Waals surface area contributed by atoms with Crippen LogP contribution in [0.3, 0.4) is 0 Å². The van der Waals surface area contributed by atoms with Crippen LogP contribution in [0.5, 0.6) is 0 Å². The number of ether oxygens (including phenoxy) is 5. The molecule has 166 valence electrons. The average molecular weight is 428 g/mol. The van der Waals surface area contributed by atoms with E-state index in [4.69, 9.17) is 23.7 Å². The quantitative estimate of drug-likeness (QED) is 0.460. The van der Waals surface area contributed by atoms with Gasteiger partial charge in [-0.3, -0.25) is 0 Å². The lowest BCUT2D eigenvalue weighted by atomic mass is 9.98. The summed E-state index contributed by atoms with van der Waals surface area (Å²) in [5, 5.41) is 11.0. The predicted octanol–water partition coefficient (Wildman–Crippen LogP) is 2.62. The molecule has 0 aliphatic carbocycles. The molecule has 1 N–H and O–H groups in total. The molecule has 0 spiro atoms. The minimum Gasteiger partial charge on any atom is -0.451 e. The maximum absolute atomic E-state index is 11.8. The summed E-state index contributed by atoms with van der Waals surface area (Å²) in [5.41, 5.74) is 1.95. The summed E-state index contributed by atoms with van der Waals surface area (Å²) in [6, 6.07) is 19.3. The SMILES string of the molecule is C=CC(=O)O[C@H]1[C@@H](OC)O[C@H](COCc2ccccc2)[C@@H](OCc2ccccc2)[C@@H]1O. The van der Waals surface area contributed by atoms with Crippen molar-refractivity contribution in [2.45, 2.75) is 43.9 Å². The van der Waals surface area contributed by atoms with Gasteiger partial charge in [-0.15, -0.1) is 0 Å². The Labute approximate surface area is 182 Å². The summed E-state index contributed by atoms with van der Waals surface area (Å²) < 4.78 is 28.4. The van der Waals surface area contributed by atoms with Gasteiger partial charge in [0.2, 0.25) is 0 Å². The largest absolute Gasteiger partial charge is 0.451 e. The van der Waals surface area contributed by atoms with Crippen molar-refractivity contribution in [1.29, 1.82) is 0 Å². The summed E-state index contributed by atoms with van der Waals surface area (Å²) in [6.45, 7) is 4.19. The number of hydrogen-bond donors (Lipinski definition) is 1. The number of hydrogen-bond acceptors (Lipinski definition) is 7. The van der Waals surface area contributed by atoms with Crippen molar-refractivity contribution in [1.82, 2.24) is 0 Å². The summed E-state index contributed by atoms with van der Waals surface area (Å²) in [5.74, 6) is -0.685. The number of esters is 1. The zero-order valence-corrected chi connectivity index (χ0v) is 17.5. The molecular weight excluding hydrogens is 400 g/mol. The van der Waals surface area contributed by atoms with Crippen LogP contribution >= 0.6 is 0 Å². The zero-order chi connectivity index (χ0) is 22.1. The van der Waals surface area contributed by atoms with Crippen molar-refractivity contribution < 1.29 is 33.6 Å². The van der Waals surface area contributed by atoms with E-state index in [1.807, 2.05) is 60.7 Å². The fourth-order valence-corrected chi connectivity index (χ4v) is 3.37. The first-order valence-corrected chi connectivity index (χ1v) is 10.1. The van der Waals surface area contributed by atoms with Crippen molar-refractivity contribution in [2.75, 3.05) is 13.7 Å². The number of carbonyl (C=O) groups excluding carboxylic acids is 1. The van der Waals surface area contributed by atoms with Crippen LogP contribution < -0.4 is 0 Å². The second-order valence-corrected chi connectivity index (χ2v) is 7.14. The Morgan fingerprint density at radius 2 is 1.65 bits per heavy atom. The fourth-order valence-electron chi connectivity index (χ4n) is 3.37. The average Bonchev–Trinajstić information content (AvgIpc) is 2.81. The lowest BCUT2D eigenvalue weighted by Crippen LogP contribution is -2.61. The maximum atomic E-state index is 11.8. The van der Waals surface area contributed by atoms with Gasteiger partial charge in [0.05, 0.1) is 19.8 Å². The molecule has 2 aromatic rings. The van der Waals surface area contributed by atoms with Gasteiger partial charge in [-0.05, 0) is 11.1 Å². The second kappa shape index (κ2) is 11.7. The van der Waals surface area contributed by atoms with Gasteiger partial charge in [0, 0.05) is 13.2 Å². The van der Waals surface area contributed by atoms with Crippen molar-refractivity contribution >= 4 is 5.97 Å². The van der Waals surface area contributed by atoms with E-state index in [1.54, 1.807) is 0 Å². The molecule has 2 aromatic carbocycles. The molecular formula is C24H28O7. The number of methoxy groups -OCH3 is 1. The predicted molar refractivity (Wildman–Crippen MR) is 113 cm³/mol. The third-order valence-corrected chi connectivity index (χ3v) is 4.95. The smallest absolute Gasteiger partial charge is 0.330 e. The Kier molecular flexibility index (Phi) is 8.75. The van der Waals surface area contributed by atoms with Gasteiger partial charge in [-0.25, -0.2) is 4.79 Å². The Hall–Kier alpha value is -2.55. The molecule has 1 aliphatic rings. The molecule has 0 bridgehead atoms. The van der Waals surface area contributed by atoms with Gasteiger partial charge >= 0.3 is 5.97 Å². The van der Waals surface area contributed by atoms with Crippen molar-refractivity contribution in [3.8, 4) is 0 Å². The molecule has 3 rings (SSSR count). The lowest BCUT2D eigenvalue weighted by molar-refractivity contribution is -0.307. The van der Waals surface area contributed by atoms with Crippen LogP contribution in [-0.4, -0.2) is 55.5 Å². The Morgan fingerprint density at radius 3 is 2.23 bits per heavy atom. The summed E-state index contributed by atoms with van der Waals surface area (Å²) in [7, 11) is 1.42. The minimum absolute atomic E-state index is 0.160. The molecule has 0 aromatic heterocycles. The first kappa shape index (κ1) is 23.1. The summed E-state index contributed by atoms with van der Waals surface area (Å²) >= 11 is 0. The molecule has 0 amide bonds. The third-order valence-electron chi connectivity index (χ3n) is 4.95. The normalized spacial score (nSPS) is 25.7. The van der Waals surface area contributed by atoms with Crippen molar-refractivity contribution in [3.63, 3.8) is 0 Å². The van der Waals surface area contributed by atoms with E-state index in [0.29, 0.717) is 6.61 Å². The molecule has 0 unspecified atom stereocenters. The van der Waals surface area contributed by atoms with Crippen LogP contribution in [0.2, 0.25) is 0 Å². The van der Waals surface area contributed by atoms with E-state index in [0.717, 1.165) is 17.2 Å². The molecule has 0 saturated carbocycles. The van der Waals surface area contributed by atoms with Gasteiger partial charge in [-0.2, -0.15) is 0 Å². The highest BCUT2D eigenvalue weighted by Gasteiger charge is 2.48. The van der Waals surface area contributed by atoms with Crippen LogP contribution in [0.4, 0.5) is 0 Å². The molecule has 5 atom stereocenters. The van der Waals surface area contributed by atoms with E-state index in [2.05, 4.69) is 6.58 Å². The molecule has 1 heterocycles. The van der Waals surface area contributed by atoms with Crippen LogP contribution in [0.25, 0.3) is 0 Å². The van der Waals surface area contributed by atoms with Crippen molar-refractivity contribution in [3.05, 3.63) is 84.4 Å². The van der Waals surface area contributed by atoms with E-state index >= 15 is 0 Å². The van der Waals surface area contributed by atoms with Gasteiger partial charge in [0.15, 0.2) is 12.4 Å². The standard InChI is InChI=1S/C24H28O7/c1-3-20(25)31-23-21(26)22(29-15-18-12-8-5-9-13-18)19(30-24(23)27-2)16-28-14-17-10-6-4-7-11-17/h3-13,19,21-24,26H,1,14-16H2,2H3/t19-,21+,22-,23-,24+/m1/s1. The van der Waals surface area contributed by atoms with Crippen LogP contribution in [0, 0.1) is 0 Å². The van der Waals surface area contributed by atoms with Crippen LogP contribution in [0.1, 0.15) is 11.1 Å². The highest BCUT2D eigenvalue weighted by Crippen LogP contribution is 2.28. The number of rotatable bonds is 10. The minimum atomic E-state index is -1.18. The molecule has 31 heavy (non-hydrogen) atoms. The molecule has 1 fully saturated rings. The van der Waals surface area contributed by atoms with E-state index in [9.17, 15) is 9.90 Å². The Morgan fingerprint density at radius 1 is 1.03 bits per heavy atom. The fraction of sp³-hybridized carbons (Fsp3) is 0.375. The van der Waals surface area contributed by atoms with E-state index in [-0.39, 0.29) is 13.2 Å². The first-order valence-electron chi connectivity index (χ1n) is 10.1. The Bertz CT molecular complexity index is 811. The highest BCUT2D eigenvalue weighted by molar-refractivity contribution is 5.81.